The first-order chi connectivity index (χ1) is 8.65. The van der Waals surface area contributed by atoms with Crippen LogP contribution in [0.1, 0.15) is 24.8 Å². The number of hydrogen-bond acceptors (Lipinski definition) is 5. The lowest BCUT2D eigenvalue weighted by Gasteiger charge is -2.35. The highest BCUT2D eigenvalue weighted by molar-refractivity contribution is 5.16. The van der Waals surface area contributed by atoms with E-state index in [4.69, 9.17) is 5.73 Å². The summed E-state index contributed by atoms with van der Waals surface area (Å²) < 4.78 is 0. The Hall–Kier alpha value is -1.20. The fourth-order valence-corrected chi connectivity index (χ4v) is 2.56. The van der Waals surface area contributed by atoms with Crippen LogP contribution in [0.3, 0.4) is 0 Å². The van der Waals surface area contributed by atoms with Crippen LogP contribution in [0, 0.1) is 0 Å². The lowest BCUT2D eigenvalue weighted by molar-refractivity contribution is 0.138. The molecule has 0 radical (unpaired) electrons. The van der Waals surface area contributed by atoms with E-state index in [0.29, 0.717) is 12.0 Å². The number of anilines is 1. The van der Waals surface area contributed by atoms with Crippen molar-refractivity contribution in [3.8, 4) is 0 Å². The van der Waals surface area contributed by atoms with E-state index in [1.54, 1.807) is 0 Å². The van der Waals surface area contributed by atoms with Gasteiger partial charge in [-0.3, -0.25) is 0 Å². The van der Waals surface area contributed by atoms with Crippen LogP contribution in [-0.4, -0.2) is 53.0 Å². The highest BCUT2D eigenvalue weighted by atomic mass is 15.2. The number of aromatic nitrogens is 2. The second-order valence-corrected chi connectivity index (χ2v) is 5.28. The average Bonchev–Trinajstić information content (AvgIpc) is 2.35. The van der Waals surface area contributed by atoms with Gasteiger partial charge in [0.15, 0.2) is 0 Å². The number of rotatable bonds is 4. The number of likely N-dealkylation sites (N-methyl/N-ethyl adjacent to an activating group) is 2. The number of nitrogens with two attached hydrogens (primary N) is 1. The summed E-state index contributed by atoms with van der Waals surface area (Å²) in [6.45, 7) is 3.20. The minimum atomic E-state index is 0.341. The van der Waals surface area contributed by atoms with Crippen LogP contribution in [0.25, 0.3) is 0 Å². The number of nitrogen functional groups attached to an aromatic ring is 1. The van der Waals surface area contributed by atoms with Crippen LogP contribution < -0.4 is 5.73 Å². The van der Waals surface area contributed by atoms with Crippen LogP contribution in [0.5, 0.6) is 0 Å². The summed E-state index contributed by atoms with van der Waals surface area (Å²) in [5, 5.41) is 0. The fourth-order valence-electron chi connectivity index (χ4n) is 2.56. The number of piperidine rings is 1. The molecule has 1 aromatic rings. The van der Waals surface area contributed by atoms with Gasteiger partial charge in [0, 0.05) is 37.1 Å². The van der Waals surface area contributed by atoms with Gasteiger partial charge in [-0.1, -0.05) is 6.42 Å². The van der Waals surface area contributed by atoms with Gasteiger partial charge in [0.2, 0.25) is 5.95 Å². The van der Waals surface area contributed by atoms with E-state index in [2.05, 4.69) is 33.9 Å². The van der Waals surface area contributed by atoms with E-state index in [1.807, 2.05) is 12.4 Å². The third-order valence-electron chi connectivity index (χ3n) is 3.62. The maximum absolute atomic E-state index is 5.48. The Kier molecular flexibility index (Phi) is 4.49. The van der Waals surface area contributed by atoms with Gasteiger partial charge in [-0.25, -0.2) is 9.97 Å². The lowest BCUT2D eigenvalue weighted by atomic mass is 10.0. The van der Waals surface area contributed by atoms with Crippen molar-refractivity contribution in [1.82, 2.24) is 19.8 Å². The van der Waals surface area contributed by atoms with Crippen molar-refractivity contribution in [3.63, 3.8) is 0 Å². The van der Waals surface area contributed by atoms with Gasteiger partial charge in [-0.2, -0.15) is 0 Å². The van der Waals surface area contributed by atoms with Crippen molar-refractivity contribution in [2.45, 2.75) is 31.8 Å². The Morgan fingerprint density at radius 2 is 2.11 bits per heavy atom. The minimum absolute atomic E-state index is 0.341. The van der Waals surface area contributed by atoms with E-state index in [9.17, 15) is 0 Å². The lowest BCUT2D eigenvalue weighted by Crippen LogP contribution is -2.43. The number of hydrogen-bond donors (Lipinski definition) is 1. The molecule has 1 fully saturated rings. The zero-order chi connectivity index (χ0) is 13.0. The Labute approximate surface area is 109 Å². The van der Waals surface area contributed by atoms with Crippen molar-refractivity contribution in [1.29, 1.82) is 0 Å². The molecule has 2 rings (SSSR count). The van der Waals surface area contributed by atoms with Gasteiger partial charge in [-0.15, -0.1) is 0 Å². The van der Waals surface area contributed by atoms with Crippen LogP contribution in [0.4, 0.5) is 5.95 Å². The van der Waals surface area contributed by atoms with Crippen LogP contribution in [0.2, 0.25) is 0 Å². The molecule has 2 heterocycles. The highest BCUT2D eigenvalue weighted by Gasteiger charge is 2.20. The molecule has 0 aliphatic carbocycles. The first-order valence-corrected chi connectivity index (χ1v) is 6.60. The molecule has 1 aliphatic heterocycles. The predicted octanol–water partition coefficient (Wildman–Crippen LogP) is 0.975. The Balaban J connectivity index is 1.84. The summed E-state index contributed by atoms with van der Waals surface area (Å²) >= 11 is 0. The Bertz CT molecular complexity index is 364. The maximum Gasteiger partial charge on any atom is 0.219 e. The molecule has 1 atom stereocenters. The monoisotopic (exact) mass is 249 g/mol. The van der Waals surface area contributed by atoms with E-state index in [0.717, 1.165) is 18.7 Å². The molecule has 0 aromatic carbocycles. The Morgan fingerprint density at radius 3 is 2.78 bits per heavy atom. The first-order valence-electron chi connectivity index (χ1n) is 6.60. The van der Waals surface area contributed by atoms with Crippen molar-refractivity contribution in [3.05, 3.63) is 18.0 Å². The van der Waals surface area contributed by atoms with Gasteiger partial charge in [0.25, 0.3) is 0 Å². The molecule has 1 aliphatic rings. The van der Waals surface area contributed by atoms with Crippen molar-refractivity contribution < 1.29 is 0 Å². The van der Waals surface area contributed by atoms with Gasteiger partial charge in [-0.05, 0) is 33.5 Å². The van der Waals surface area contributed by atoms with E-state index < -0.39 is 0 Å². The third kappa shape index (κ3) is 3.65. The van der Waals surface area contributed by atoms with Crippen molar-refractivity contribution in [2.75, 3.05) is 32.9 Å². The molecule has 18 heavy (non-hydrogen) atoms. The molecule has 1 saturated heterocycles. The molecule has 0 amide bonds. The average molecular weight is 249 g/mol. The van der Waals surface area contributed by atoms with Crippen molar-refractivity contribution >= 4 is 5.95 Å². The second kappa shape index (κ2) is 6.11. The maximum atomic E-state index is 5.48. The summed E-state index contributed by atoms with van der Waals surface area (Å²) in [6.07, 6.45) is 7.61. The normalized spacial score (nSPS) is 21.4. The van der Waals surface area contributed by atoms with Crippen molar-refractivity contribution in [2.24, 2.45) is 0 Å². The smallest absolute Gasteiger partial charge is 0.219 e. The third-order valence-corrected chi connectivity index (χ3v) is 3.62. The quantitative estimate of drug-likeness (QED) is 0.862. The molecule has 100 valence electrons. The fraction of sp³-hybridized carbons (Fsp3) is 0.692. The minimum Gasteiger partial charge on any atom is -0.368 e. The highest BCUT2D eigenvalue weighted by Crippen LogP contribution is 2.16. The second-order valence-electron chi connectivity index (χ2n) is 5.28. The molecule has 5 nitrogen and oxygen atoms in total. The topological polar surface area (TPSA) is 58.3 Å². The summed E-state index contributed by atoms with van der Waals surface area (Å²) in [7, 11) is 4.38. The molecule has 1 aromatic heterocycles. The molecule has 0 bridgehead atoms. The standard InChI is InChI=1S/C13H23N5/c1-17(9-11-7-15-13(14)16-8-11)10-12-5-3-4-6-18(12)2/h7-8,12H,3-6,9-10H2,1-2H3,(H2,14,15,16)/t12-/m1/s1. The molecule has 0 spiro atoms. The van der Waals surface area contributed by atoms with Crippen LogP contribution >= 0.6 is 0 Å². The van der Waals surface area contributed by atoms with E-state index in [1.165, 1.54) is 25.8 Å². The zero-order valence-corrected chi connectivity index (χ0v) is 11.3. The molecule has 0 unspecified atom stereocenters. The van der Waals surface area contributed by atoms with E-state index >= 15 is 0 Å². The SMILES string of the molecule is CN(Cc1cnc(N)nc1)C[C@H]1CCCCN1C. The predicted molar refractivity (Wildman–Crippen MR) is 73.0 cm³/mol. The van der Waals surface area contributed by atoms with Gasteiger partial charge < -0.3 is 15.5 Å². The van der Waals surface area contributed by atoms with Gasteiger partial charge in [0.05, 0.1) is 0 Å². The summed E-state index contributed by atoms with van der Waals surface area (Å²) in [4.78, 5) is 12.9. The molecular formula is C13H23N5. The Morgan fingerprint density at radius 1 is 1.39 bits per heavy atom. The molecule has 0 saturated carbocycles. The van der Waals surface area contributed by atoms with Gasteiger partial charge >= 0.3 is 0 Å². The molecular weight excluding hydrogens is 226 g/mol. The van der Waals surface area contributed by atoms with Crippen LogP contribution in [0.15, 0.2) is 12.4 Å². The molecule has 2 N–H and O–H groups in total. The molecule has 5 heteroatoms. The number of likely N-dealkylation sites (tertiary alicyclic amines) is 1. The first kappa shape index (κ1) is 13.2. The summed E-state index contributed by atoms with van der Waals surface area (Å²) in [6, 6.07) is 0.679. The van der Waals surface area contributed by atoms with Crippen LogP contribution in [-0.2, 0) is 6.54 Å². The van der Waals surface area contributed by atoms with Gasteiger partial charge in [0.1, 0.15) is 0 Å². The largest absolute Gasteiger partial charge is 0.368 e. The summed E-state index contributed by atoms with van der Waals surface area (Å²) in [5.41, 5.74) is 6.60. The summed E-state index contributed by atoms with van der Waals surface area (Å²) in [5.74, 6) is 0.341. The van der Waals surface area contributed by atoms with E-state index in [-0.39, 0.29) is 0 Å². The zero-order valence-electron chi connectivity index (χ0n) is 11.3. The number of nitrogens with zero attached hydrogens (tertiary/aromatic N) is 4.